The summed E-state index contributed by atoms with van der Waals surface area (Å²) in [6, 6.07) is 27.2. The van der Waals surface area contributed by atoms with Crippen molar-refractivity contribution in [1.29, 1.82) is 0 Å². The van der Waals surface area contributed by atoms with Crippen molar-refractivity contribution in [2.75, 3.05) is 6.26 Å². The van der Waals surface area contributed by atoms with E-state index in [1.807, 2.05) is 67.6 Å². The normalized spacial score (nSPS) is 11.8. The van der Waals surface area contributed by atoms with Crippen LogP contribution >= 0.6 is 0 Å². The molecule has 5 nitrogen and oxygen atoms in total. The van der Waals surface area contributed by atoms with Crippen LogP contribution in [-0.4, -0.2) is 19.8 Å². The lowest BCUT2D eigenvalue weighted by atomic mass is 9.89. The molecular formula is C31H32O5S. The molecule has 4 aromatic rings. The first kappa shape index (κ1) is 26.5. The van der Waals surface area contributed by atoms with E-state index in [4.69, 9.17) is 8.92 Å². The van der Waals surface area contributed by atoms with Gasteiger partial charge < -0.3 is 14.0 Å². The Morgan fingerprint density at radius 1 is 0.784 bits per heavy atom. The van der Waals surface area contributed by atoms with Crippen molar-refractivity contribution in [2.45, 2.75) is 39.9 Å². The molecule has 192 valence electrons. The third-order valence-corrected chi connectivity index (χ3v) is 6.67. The zero-order valence-electron chi connectivity index (χ0n) is 21.8. The van der Waals surface area contributed by atoms with Crippen LogP contribution in [0.1, 0.15) is 36.1 Å². The Bertz CT molecular complexity index is 1500. The van der Waals surface area contributed by atoms with Gasteiger partial charge in [0.15, 0.2) is 0 Å². The molecule has 0 aliphatic rings. The van der Waals surface area contributed by atoms with Gasteiger partial charge in [-0.1, -0.05) is 60.7 Å². The summed E-state index contributed by atoms with van der Waals surface area (Å²) in [5, 5.41) is 10.9. The number of hydrogen-bond donors (Lipinski definition) is 1. The van der Waals surface area contributed by atoms with Crippen molar-refractivity contribution in [1.82, 2.24) is 0 Å². The zero-order chi connectivity index (χ0) is 26.8. The van der Waals surface area contributed by atoms with Crippen LogP contribution < -0.4 is 8.92 Å². The fourth-order valence-electron chi connectivity index (χ4n) is 4.34. The molecule has 4 aromatic carbocycles. The monoisotopic (exact) mass is 516 g/mol. The van der Waals surface area contributed by atoms with E-state index < -0.39 is 15.7 Å². The quantitative estimate of drug-likeness (QED) is 0.261. The molecule has 0 heterocycles. The Morgan fingerprint density at radius 2 is 1.35 bits per heavy atom. The van der Waals surface area contributed by atoms with Gasteiger partial charge in [0.2, 0.25) is 0 Å². The van der Waals surface area contributed by atoms with Gasteiger partial charge in [0.25, 0.3) is 0 Å². The Hall–Kier alpha value is -3.61. The van der Waals surface area contributed by atoms with Crippen molar-refractivity contribution >= 4 is 10.1 Å². The predicted octanol–water partition coefficient (Wildman–Crippen LogP) is 6.78. The lowest BCUT2D eigenvalue weighted by molar-refractivity contribution is 0.0744. The lowest BCUT2D eigenvalue weighted by Crippen LogP contribution is -2.17. The number of hydrogen-bond acceptors (Lipinski definition) is 5. The lowest BCUT2D eigenvalue weighted by Gasteiger charge is -2.23. The second kappa shape index (κ2) is 10.4. The van der Waals surface area contributed by atoms with E-state index in [0.29, 0.717) is 12.4 Å². The molecule has 6 heteroatoms. The van der Waals surface area contributed by atoms with Crippen molar-refractivity contribution in [3.63, 3.8) is 0 Å². The summed E-state index contributed by atoms with van der Waals surface area (Å²) in [7, 11) is -3.57. The van der Waals surface area contributed by atoms with Crippen LogP contribution in [0.4, 0.5) is 0 Å². The minimum atomic E-state index is -3.57. The molecule has 0 fully saturated rings. The van der Waals surface area contributed by atoms with Crippen LogP contribution in [-0.2, 0) is 22.3 Å². The third kappa shape index (κ3) is 6.59. The minimum Gasteiger partial charge on any atom is -0.489 e. The average molecular weight is 517 g/mol. The van der Waals surface area contributed by atoms with E-state index in [1.54, 1.807) is 26.0 Å². The minimum absolute atomic E-state index is 0.283. The first-order valence-corrected chi connectivity index (χ1v) is 13.9. The van der Waals surface area contributed by atoms with E-state index >= 15 is 0 Å². The van der Waals surface area contributed by atoms with Crippen molar-refractivity contribution in [2.24, 2.45) is 0 Å². The van der Waals surface area contributed by atoms with Crippen LogP contribution in [0.2, 0.25) is 0 Å². The Balaban J connectivity index is 1.65. The maximum Gasteiger partial charge on any atom is 0.306 e. The molecule has 0 radical (unpaired) electrons. The van der Waals surface area contributed by atoms with Gasteiger partial charge in [-0.05, 0) is 90.9 Å². The van der Waals surface area contributed by atoms with Gasteiger partial charge in [-0.3, -0.25) is 0 Å². The van der Waals surface area contributed by atoms with Crippen molar-refractivity contribution in [3.05, 3.63) is 107 Å². The van der Waals surface area contributed by atoms with Gasteiger partial charge in [0.1, 0.15) is 18.1 Å². The molecule has 37 heavy (non-hydrogen) atoms. The molecule has 0 unspecified atom stereocenters. The maximum atomic E-state index is 11.4. The van der Waals surface area contributed by atoms with E-state index in [9.17, 15) is 13.5 Å². The second-order valence-corrected chi connectivity index (χ2v) is 11.4. The summed E-state index contributed by atoms with van der Waals surface area (Å²) in [5.74, 6) is 0.938. The van der Waals surface area contributed by atoms with Crippen LogP contribution in [0.3, 0.4) is 0 Å². The van der Waals surface area contributed by atoms with Gasteiger partial charge in [-0.2, -0.15) is 8.42 Å². The molecule has 0 bridgehead atoms. The van der Waals surface area contributed by atoms with Crippen LogP contribution in [0.5, 0.6) is 11.5 Å². The molecule has 0 spiro atoms. The molecular weight excluding hydrogens is 484 g/mol. The largest absolute Gasteiger partial charge is 0.489 e. The highest BCUT2D eigenvalue weighted by molar-refractivity contribution is 7.86. The summed E-state index contributed by atoms with van der Waals surface area (Å²) in [4.78, 5) is 0. The summed E-state index contributed by atoms with van der Waals surface area (Å²) < 4.78 is 33.8. The van der Waals surface area contributed by atoms with Gasteiger partial charge >= 0.3 is 10.1 Å². The molecule has 0 aromatic heterocycles. The summed E-state index contributed by atoms with van der Waals surface area (Å²) in [5.41, 5.74) is 6.94. The Morgan fingerprint density at radius 3 is 1.92 bits per heavy atom. The van der Waals surface area contributed by atoms with Gasteiger partial charge in [-0.25, -0.2) is 0 Å². The average Bonchev–Trinajstić information content (AvgIpc) is 2.83. The number of ether oxygens (including phenoxy) is 1. The Kier molecular flexibility index (Phi) is 7.44. The van der Waals surface area contributed by atoms with Crippen molar-refractivity contribution in [3.8, 4) is 33.8 Å². The first-order chi connectivity index (χ1) is 17.4. The molecule has 1 N–H and O–H groups in total. The number of aryl methyl sites for hydroxylation is 2. The maximum absolute atomic E-state index is 11.4. The molecule has 0 saturated carbocycles. The fourth-order valence-corrected chi connectivity index (χ4v) is 4.80. The SMILES string of the molecule is Cc1cc(-c2ccc(OCc3ccccc3)c(C(C)(C)O)c2)c(C)cc1-c1ccc(OS(C)(=O)=O)cc1. The molecule has 0 aliphatic heterocycles. The molecule has 4 rings (SSSR count). The predicted molar refractivity (Wildman–Crippen MR) is 148 cm³/mol. The van der Waals surface area contributed by atoms with Gasteiger partial charge in [-0.15, -0.1) is 0 Å². The fraction of sp³-hybridized carbons (Fsp3) is 0.226. The van der Waals surface area contributed by atoms with E-state index in [1.165, 1.54) is 0 Å². The first-order valence-electron chi connectivity index (χ1n) is 12.1. The van der Waals surface area contributed by atoms with Crippen LogP contribution in [0.15, 0.2) is 84.9 Å². The highest BCUT2D eigenvalue weighted by Gasteiger charge is 2.23. The smallest absolute Gasteiger partial charge is 0.306 e. The Labute approximate surface area is 219 Å². The van der Waals surface area contributed by atoms with Crippen LogP contribution in [0, 0.1) is 13.8 Å². The standard InChI is InChI=1S/C31H32O5S/c1-21-18-28(22(2)17-27(21)24-11-14-26(15-12-24)36-37(5,33)34)25-13-16-30(29(19-25)31(3,4)32)35-20-23-9-7-6-8-10-23/h6-19,32H,20H2,1-5H3. The van der Waals surface area contributed by atoms with Crippen LogP contribution in [0.25, 0.3) is 22.3 Å². The topological polar surface area (TPSA) is 72.8 Å². The number of benzene rings is 4. The van der Waals surface area contributed by atoms with Gasteiger partial charge in [0.05, 0.1) is 11.9 Å². The molecule has 0 saturated heterocycles. The highest BCUT2D eigenvalue weighted by Crippen LogP contribution is 2.37. The van der Waals surface area contributed by atoms with E-state index in [2.05, 4.69) is 19.1 Å². The number of rotatable bonds is 8. The van der Waals surface area contributed by atoms with Crippen molar-refractivity contribution < 1.29 is 22.4 Å². The van der Waals surface area contributed by atoms with E-state index in [-0.39, 0.29) is 5.75 Å². The molecule has 0 amide bonds. The zero-order valence-corrected chi connectivity index (χ0v) is 22.6. The van der Waals surface area contributed by atoms with E-state index in [0.717, 1.165) is 50.8 Å². The molecule has 0 aliphatic carbocycles. The summed E-state index contributed by atoms with van der Waals surface area (Å²) in [6.45, 7) is 8.06. The van der Waals surface area contributed by atoms with Gasteiger partial charge in [0, 0.05) is 5.56 Å². The second-order valence-electron chi connectivity index (χ2n) is 9.84. The summed E-state index contributed by atoms with van der Waals surface area (Å²) >= 11 is 0. The third-order valence-electron chi connectivity index (χ3n) is 6.17. The summed E-state index contributed by atoms with van der Waals surface area (Å²) in [6.07, 6.45) is 1.03. The molecule has 0 atom stereocenters. The number of aliphatic hydroxyl groups is 1. The highest BCUT2D eigenvalue weighted by atomic mass is 32.2.